The van der Waals surface area contributed by atoms with Crippen molar-refractivity contribution in [1.82, 2.24) is 19.3 Å². The van der Waals surface area contributed by atoms with Crippen LogP contribution in [-0.4, -0.2) is 19.3 Å². The Balaban J connectivity index is 1.69. The van der Waals surface area contributed by atoms with Gasteiger partial charge in [0, 0.05) is 13.6 Å². The predicted octanol–water partition coefficient (Wildman–Crippen LogP) is 3.38. The van der Waals surface area contributed by atoms with Gasteiger partial charge in [0.2, 0.25) is 5.95 Å². The van der Waals surface area contributed by atoms with Gasteiger partial charge in [0.15, 0.2) is 0 Å². The fourth-order valence-electron chi connectivity index (χ4n) is 2.81. The Hall–Kier alpha value is -3.12. The molecule has 4 aromatic rings. The van der Waals surface area contributed by atoms with Gasteiger partial charge in [-0.3, -0.25) is 4.79 Å². The highest BCUT2D eigenvalue weighted by atomic mass is 35.5. The molecule has 2 aromatic carbocycles. The summed E-state index contributed by atoms with van der Waals surface area (Å²) in [5.41, 5.74) is 2.88. The minimum Gasteiger partial charge on any atom is -0.378 e. The molecule has 26 heavy (non-hydrogen) atoms. The van der Waals surface area contributed by atoms with Gasteiger partial charge >= 0.3 is 0 Å². The molecule has 0 unspecified atom stereocenters. The van der Waals surface area contributed by atoms with Crippen molar-refractivity contribution in [3.05, 3.63) is 81.7 Å². The lowest BCUT2D eigenvalue weighted by Gasteiger charge is -2.10. The number of nitrogens with zero attached hydrogens (tertiary/aromatic N) is 4. The van der Waals surface area contributed by atoms with Crippen molar-refractivity contribution in [3.63, 3.8) is 0 Å². The van der Waals surface area contributed by atoms with Crippen LogP contribution in [0.3, 0.4) is 0 Å². The number of anilines is 1. The van der Waals surface area contributed by atoms with Crippen LogP contribution in [-0.2, 0) is 13.6 Å². The van der Waals surface area contributed by atoms with Gasteiger partial charge in [0.25, 0.3) is 5.56 Å². The van der Waals surface area contributed by atoms with E-state index >= 15 is 0 Å². The highest BCUT2D eigenvalue weighted by Crippen LogP contribution is 2.19. The number of fused-ring (bicyclic) bond motifs is 1. The molecule has 0 aliphatic rings. The third kappa shape index (κ3) is 2.84. The summed E-state index contributed by atoms with van der Waals surface area (Å²) in [5.74, 6) is 0.424. The molecule has 130 valence electrons. The van der Waals surface area contributed by atoms with Crippen LogP contribution in [0.15, 0.2) is 65.6 Å². The smallest absolute Gasteiger partial charge is 0.295 e. The number of aryl methyl sites for hydroxylation is 1. The van der Waals surface area contributed by atoms with Crippen molar-refractivity contribution >= 4 is 28.3 Å². The molecule has 0 aliphatic heterocycles. The maximum Gasteiger partial charge on any atom is 0.295 e. The Kier molecular flexibility index (Phi) is 4.18. The molecule has 0 spiro atoms. The van der Waals surface area contributed by atoms with Crippen LogP contribution in [0.1, 0.15) is 5.56 Å². The van der Waals surface area contributed by atoms with Crippen LogP contribution in [0.2, 0.25) is 5.02 Å². The second kappa shape index (κ2) is 6.65. The fourth-order valence-corrected chi connectivity index (χ4v) is 3.01. The van der Waals surface area contributed by atoms with Crippen molar-refractivity contribution < 1.29 is 0 Å². The van der Waals surface area contributed by atoms with Crippen molar-refractivity contribution in [3.8, 4) is 5.95 Å². The molecule has 7 heteroatoms. The average Bonchev–Trinajstić information content (AvgIpc) is 3.01. The first-order chi connectivity index (χ1) is 12.6. The molecule has 0 fully saturated rings. The van der Waals surface area contributed by atoms with Gasteiger partial charge in [-0.15, -0.1) is 0 Å². The summed E-state index contributed by atoms with van der Waals surface area (Å²) in [6.07, 6.45) is 1.55. The van der Waals surface area contributed by atoms with Crippen LogP contribution in [0.4, 0.5) is 5.69 Å². The number of nitrogens with one attached hydrogen (secondary N) is 1. The van der Waals surface area contributed by atoms with Crippen LogP contribution in [0.5, 0.6) is 0 Å². The molecular weight excluding hydrogens is 350 g/mol. The van der Waals surface area contributed by atoms with Gasteiger partial charge in [-0.05, 0) is 17.7 Å². The lowest BCUT2D eigenvalue weighted by atomic mass is 10.2. The molecule has 0 aliphatic carbocycles. The van der Waals surface area contributed by atoms with Crippen LogP contribution in [0.25, 0.3) is 17.0 Å². The first-order valence-corrected chi connectivity index (χ1v) is 8.50. The van der Waals surface area contributed by atoms with E-state index in [1.807, 2.05) is 66.2 Å². The summed E-state index contributed by atoms with van der Waals surface area (Å²) in [7, 11) is 1.84. The highest BCUT2D eigenvalue weighted by molar-refractivity contribution is 6.32. The monoisotopic (exact) mass is 365 g/mol. The van der Waals surface area contributed by atoms with E-state index in [0.717, 1.165) is 16.6 Å². The summed E-state index contributed by atoms with van der Waals surface area (Å²) in [6, 6.07) is 17.5. The summed E-state index contributed by atoms with van der Waals surface area (Å²) < 4.78 is 3.03. The topological polar surface area (TPSA) is 64.7 Å². The van der Waals surface area contributed by atoms with Crippen LogP contribution >= 0.6 is 11.6 Å². The van der Waals surface area contributed by atoms with E-state index in [9.17, 15) is 4.79 Å². The summed E-state index contributed by atoms with van der Waals surface area (Å²) >= 11 is 6.29. The predicted molar refractivity (Wildman–Crippen MR) is 103 cm³/mol. The molecule has 0 radical (unpaired) electrons. The van der Waals surface area contributed by atoms with Crippen LogP contribution < -0.4 is 10.9 Å². The van der Waals surface area contributed by atoms with Gasteiger partial charge < -0.3 is 9.88 Å². The molecule has 4 rings (SSSR count). The molecular formula is C19H16ClN5O. The average molecular weight is 366 g/mol. The maximum absolute atomic E-state index is 12.7. The molecule has 0 saturated carbocycles. The molecule has 0 amide bonds. The molecule has 2 heterocycles. The van der Waals surface area contributed by atoms with Crippen LogP contribution in [0, 0.1) is 0 Å². The summed E-state index contributed by atoms with van der Waals surface area (Å²) in [4.78, 5) is 17.2. The first-order valence-electron chi connectivity index (χ1n) is 8.12. The number of hydrogen-bond donors (Lipinski definition) is 1. The summed E-state index contributed by atoms with van der Waals surface area (Å²) in [5, 5.41) is 7.49. The highest BCUT2D eigenvalue weighted by Gasteiger charge is 2.15. The molecule has 0 saturated heterocycles. The molecule has 6 nitrogen and oxygen atoms in total. The van der Waals surface area contributed by atoms with E-state index in [-0.39, 0.29) is 5.02 Å². The second-order valence-electron chi connectivity index (χ2n) is 5.89. The Morgan fingerprint density at radius 1 is 1.08 bits per heavy atom. The second-order valence-corrected chi connectivity index (χ2v) is 6.27. The third-order valence-electron chi connectivity index (χ3n) is 4.20. The number of rotatable bonds is 4. The minimum absolute atomic E-state index is 0.0861. The molecule has 2 aromatic heterocycles. The van der Waals surface area contributed by atoms with E-state index in [1.165, 1.54) is 4.68 Å². The zero-order valence-electron chi connectivity index (χ0n) is 14.1. The molecule has 1 N–H and O–H groups in total. The normalized spacial score (nSPS) is 11.0. The van der Waals surface area contributed by atoms with Gasteiger partial charge in [0.05, 0.1) is 22.9 Å². The zero-order chi connectivity index (χ0) is 18.1. The number of benzene rings is 2. The maximum atomic E-state index is 12.7. The lowest BCUT2D eigenvalue weighted by Crippen LogP contribution is -2.25. The molecule has 0 bridgehead atoms. The number of halogens is 1. The van der Waals surface area contributed by atoms with Gasteiger partial charge in [-0.1, -0.05) is 54.1 Å². The van der Waals surface area contributed by atoms with Crippen molar-refractivity contribution in [2.45, 2.75) is 6.54 Å². The van der Waals surface area contributed by atoms with Crippen molar-refractivity contribution in [2.24, 2.45) is 7.05 Å². The minimum atomic E-state index is -0.414. The zero-order valence-corrected chi connectivity index (χ0v) is 14.8. The van der Waals surface area contributed by atoms with Gasteiger partial charge in [-0.2, -0.15) is 9.78 Å². The van der Waals surface area contributed by atoms with Crippen molar-refractivity contribution in [1.29, 1.82) is 0 Å². The third-order valence-corrected chi connectivity index (χ3v) is 4.56. The quantitative estimate of drug-likeness (QED) is 0.602. The van der Waals surface area contributed by atoms with E-state index in [4.69, 9.17) is 11.6 Å². The lowest BCUT2D eigenvalue weighted by molar-refractivity contribution is 0.719. The van der Waals surface area contributed by atoms with Gasteiger partial charge in [-0.25, -0.2) is 4.98 Å². The fraction of sp³-hybridized carbons (Fsp3) is 0.105. The van der Waals surface area contributed by atoms with E-state index in [1.54, 1.807) is 6.20 Å². The van der Waals surface area contributed by atoms with Gasteiger partial charge in [0.1, 0.15) is 5.02 Å². The summed E-state index contributed by atoms with van der Waals surface area (Å²) in [6.45, 7) is 0.554. The number of para-hydroxylation sites is 2. The first kappa shape index (κ1) is 16.4. The van der Waals surface area contributed by atoms with Crippen molar-refractivity contribution in [2.75, 3.05) is 5.32 Å². The number of imidazole rings is 1. The standard InChI is InChI=1S/C19H16ClN5O/c1-24-16-10-6-5-9-14(16)23-19(24)25-18(26)17(20)15(12-22-25)21-11-13-7-3-2-4-8-13/h2-10,12,21H,11H2,1H3. The Labute approximate surface area is 154 Å². The molecule has 0 atom stereocenters. The number of aromatic nitrogens is 4. The van der Waals surface area contributed by atoms with E-state index in [2.05, 4.69) is 15.4 Å². The number of hydrogen-bond acceptors (Lipinski definition) is 4. The largest absolute Gasteiger partial charge is 0.378 e. The Bertz CT molecular complexity index is 1130. The SMILES string of the molecule is Cn1c(-n2ncc(NCc3ccccc3)c(Cl)c2=O)nc2ccccc21. The van der Waals surface area contributed by atoms with E-state index < -0.39 is 5.56 Å². The Morgan fingerprint density at radius 3 is 2.58 bits per heavy atom. The Morgan fingerprint density at radius 2 is 1.81 bits per heavy atom. The van der Waals surface area contributed by atoms with E-state index in [0.29, 0.717) is 18.2 Å².